The maximum Gasteiger partial charge on any atom is 0.238 e. The quantitative estimate of drug-likeness (QED) is 0.123. The molecule has 3 aromatic heterocycles. The van der Waals surface area contributed by atoms with Gasteiger partial charge in [-0.1, -0.05) is 166 Å². The zero-order chi connectivity index (χ0) is 43.0. The maximum absolute atomic E-state index is 5.38. The third-order valence-electron chi connectivity index (χ3n) is 12.7. The van der Waals surface area contributed by atoms with Crippen LogP contribution in [0.5, 0.6) is 0 Å². The molecule has 3 heterocycles. The Hall–Kier alpha value is -7.63. The summed E-state index contributed by atoms with van der Waals surface area (Å²) in [5, 5.41) is 4.93. The average Bonchev–Trinajstić information content (AvgIpc) is 3.88. The number of aromatic nitrogens is 5. The first kappa shape index (κ1) is 39.2. The van der Waals surface area contributed by atoms with Crippen molar-refractivity contribution in [3.8, 4) is 56.7 Å². The predicted molar refractivity (Wildman–Crippen MR) is 267 cm³/mol. The second-order valence-corrected chi connectivity index (χ2v) is 16.9. The van der Waals surface area contributed by atoms with Gasteiger partial charge in [0.05, 0.1) is 22.1 Å². The molecule has 0 bridgehead atoms. The largest absolute Gasteiger partial charge is 0.309 e. The van der Waals surface area contributed by atoms with Crippen LogP contribution in [0.3, 0.4) is 0 Å². The molecule has 0 fully saturated rings. The van der Waals surface area contributed by atoms with Gasteiger partial charge in [-0.05, 0) is 108 Å². The molecule has 0 saturated heterocycles. The van der Waals surface area contributed by atoms with Crippen LogP contribution in [0.4, 0.5) is 0 Å². The molecule has 0 spiro atoms. The first-order valence-electron chi connectivity index (χ1n) is 22.8. The summed E-state index contributed by atoms with van der Waals surface area (Å²) in [6.45, 7) is 4.53. The lowest BCUT2D eigenvalue weighted by molar-refractivity contribution is 0.796. The summed E-state index contributed by atoms with van der Waals surface area (Å²) in [6.07, 6.45) is 6.72. The molecule has 11 rings (SSSR count). The van der Waals surface area contributed by atoms with Gasteiger partial charge < -0.3 is 4.57 Å². The Morgan fingerprint density at radius 1 is 0.375 bits per heavy atom. The zero-order valence-corrected chi connectivity index (χ0v) is 36.4. The van der Waals surface area contributed by atoms with Crippen LogP contribution in [0, 0.1) is 0 Å². The molecule has 0 aliphatic rings. The van der Waals surface area contributed by atoms with Crippen LogP contribution in [0.15, 0.2) is 188 Å². The van der Waals surface area contributed by atoms with E-state index in [1.165, 1.54) is 67.7 Å². The monoisotopic (exact) mass is 827 g/mol. The lowest BCUT2D eigenvalue weighted by atomic mass is 9.98. The summed E-state index contributed by atoms with van der Waals surface area (Å²) in [6, 6.07) is 67.7. The molecule has 8 aromatic carbocycles. The van der Waals surface area contributed by atoms with E-state index in [-0.39, 0.29) is 0 Å². The molecule has 0 radical (unpaired) electrons. The van der Waals surface area contributed by atoms with Crippen LogP contribution in [-0.4, -0.2) is 24.1 Å². The van der Waals surface area contributed by atoms with E-state index >= 15 is 0 Å². The van der Waals surface area contributed by atoms with E-state index in [1.807, 2.05) is 18.2 Å². The smallest absolute Gasteiger partial charge is 0.238 e. The van der Waals surface area contributed by atoms with Crippen molar-refractivity contribution in [3.05, 3.63) is 199 Å². The van der Waals surface area contributed by atoms with Crippen molar-refractivity contribution in [2.24, 2.45) is 0 Å². The third-order valence-corrected chi connectivity index (χ3v) is 12.7. The Balaban J connectivity index is 1.14. The molecule has 0 unspecified atom stereocenters. The third kappa shape index (κ3) is 7.13. The fourth-order valence-electron chi connectivity index (χ4n) is 9.47. The second-order valence-electron chi connectivity index (χ2n) is 16.9. The van der Waals surface area contributed by atoms with Crippen molar-refractivity contribution < 1.29 is 0 Å². The Morgan fingerprint density at radius 2 is 0.875 bits per heavy atom. The number of hydrogen-bond donors (Lipinski definition) is 0. The van der Waals surface area contributed by atoms with Crippen molar-refractivity contribution in [1.82, 2.24) is 24.1 Å². The molecule has 64 heavy (non-hydrogen) atoms. The van der Waals surface area contributed by atoms with Crippen LogP contribution in [0.2, 0.25) is 0 Å². The molecule has 11 aromatic rings. The fraction of sp³-hybridized carbons (Fsp3) is 0.136. The minimum Gasteiger partial charge on any atom is -0.309 e. The first-order valence-corrected chi connectivity index (χ1v) is 22.8. The standard InChI is InChI=1S/C59H49N5/c1-3-5-17-40-27-34-52-50(37-40)49-33-36-54-55(56(49)63(52)48-25-14-9-15-26-48)51-38-41(18-6-4-2)28-35-53(51)64(54)59-61-57(44-21-12-8-13-22-44)60-58(62-59)45-31-29-43(30-32-45)47-24-16-23-46(39-47)42-19-10-7-11-20-42/h7-16,19-39H,3-6,17-18H2,1-2H3. The number of rotatable bonds is 12. The van der Waals surface area contributed by atoms with E-state index in [4.69, 9.17) is 15.0 Å². The Kier molecular flexibility index (Phi) is 10.4. The number of aryl methyl sites for hydroxylation is 2. The van der Waals surface area contributed by atoms with Crippen LogP contribution < -0.4 is 0 Å². The van der Waals surface area contributed by atoms with Crippen LogP contribution in [-0.2, 0) is 12.8 Å². The second kappa shape index (κ2) is 16.9. The van der Waals surface area contributed by atoms with Crippen molar-refractivity contribution >= 4 is 43.6 Å². The molecule has 0 amide bonds. The fourth-order valence-corrected chi connectivity index (χ4v) is 9.47. The van der Waals surface area contributed by atoms with Crippen molar-refractivity contribution in [1.29, 1.82) is 0 Å². The van der Waals surface area contributed by atoms with Crippen LogP contribution >= 0.6 is 0 Å². The van der Waals surface area contributed by atoms with Crippen molar-refractivity contribution in [2.45, 2.75) is 52.4 Å². The Labute approximate surface area is 374 Å². The minimum absolute atomic E-state index is 0.591. The number of hydrogen-bond acceptors (Lipinski definition) is 3. The van der Waals surface area contributed by atoms with E-state index < -0.39 is 0 Å². The summed E-state index contributed by atoms with van der Waals surface area (Å²) in [7, 11) is 0. The molecule has 5 nitrogen and oxygen atoms in total. The van der Waals surface area contributed by atoms with Crippen LogP contribution in [0.1, 0.15) is 50.7 Å². The first-order chi connectivity index (χ1) is 31.6. The lowest BCUT2D eigenvalue weighted by Crippen LogP contribution is -2.06. The summed E-state index contributed by atoms with van der Waals surface area (Å²) in [4.78, 5) is 15.9. The maximum atomic E-state index is 5.38. The number of benzene rings is 8. The van der Waals surface area contributed by atoms with Crippen molar-refractivity contribution in [3.63, 3.8) is 0 Å². The highest BCUT2D eigenvalue weighted by Crippen LogP contribution is 2.43. The predicted octanol–water partition coefficient (Wildman–Crippen LogP) is 15.4. The van der Waals surface area contributed by atoms with Gasteiger partial charge in [-0.15, -0.1) is 0 Å². The van der Waals surface area contributed by atoms with E-state index in [2.05, 4.69) is 193 Å². The topological polar surface area (TPSA) is 48.5 Å². The van der Waals surface area contributed by atoms with E-state index in [9.17, 15) is 0 Å². The summed E-state index contributed by atoms with van der Waals surface area (Å²) in [5.41, 5.74) is 15.0. The van der Waals surface area contributed by atoms with Gasteiger partial charge in [0.2, 0.25) is 5.95 Å². The highest BCUT2D eigenvalue weighted by molar-refractivity contribution is 6.26. The molecule has 310 valence electrons. The number of para-hydroxylation sites is 1. The Bertz CT molecular complexity index is 3440. The van der Waals surface area contributed by atoms with Gasteiger partial charge in [-0.25, -0.2) is 4.98 Å². The van der Waals surface area contributed by atoms with Gasteiger partial charge in [0.25, 0.3) is 0 Å². The van der Waals surface area contributed by atoms with Gasteiger partial charge in [0.15, 0.2) is 11.6 Å². The number of nitrogens with zero attached hydrogens (tertiary/aromatic N) is 5. The van der Waals surface area contributed by atoms with Gasteiger partial charge in [-0.3, -0.25) is 4.57 Å². The van der Waals surface area contributed by atoms with Gasteiger partial charge in [0.1, 0.15) is 0 Å². The Morgan fingerprint density at radius 3 is 1.50 bits per heavy atom. The summed E-state index contributed by atoms with van der Waals surface area (Å²) in [5.74, 6) is 1.85. The van der Waals surface area contributed by atoms with E-state index in [0.717, 1.165) is 64.7 Å². The zero-order valence-electron chi connectivity index (χ0n) is 36.4. The van der Waals surface area contributed by atoms with Gasteiger partial charge in [0, 0.05) is 38.4 Å². The van der Waals surface area contributed by atoms with Crippen LogP contribution in [0.25, 0.3) is 100 Å². The highest BCUT2D eigenvalue weighted by atomic mass is 15.2. The highest BCUT2D eigenvalue weighted by Gasteiger charge is 2.24. The molecule has 0 saturated carbocycles. The van der Waals surface area contributed by atoms with Crippen molar-refractivity contribution in [2.75, 3.05) is 0 Å². The lowest BCUT2D eigenvalue weighted by Gasteiger charge is -2.12. The summed E-state index contributed by atoms with van der Waals surface area (Å²) < 4.78 is 4.75. The normalized spacial score (nSPS) is 11.7. The van der Waals surface area contributed by atoms with Gasteiger partial charge >= 0.3 is 0 Å². The molecule has 0 aliphatic carbocycles. The van der Waals surface area contributed by atoms with E-state index in [1.54, 1.807) is 0 Å². The van der Waals surface area contributed by atoms with Gasteiger partial charge in [-0.2, -0.15) is 9.97 Å². The molecule has 5 heteroatoms. The molecule has 0 aliphatic heterocycles. The number of unbranched alkanes of at least 4 members (excludes halogenated alkanes) is 2. The SMILES string of the molecule is CCCCc1ccc2c(c1)c1c(ccc3c4cc(CCCC)ccc4n(-c4ccccc4)c31)n2-c1nc(-c2ccccc2)nc(-c2ccc(-c3cccc(-c4ccccc4)c3)cc2)n1. The number of fused-ring (bicyclic) bond motifs is 7. The summed E-state index contributed by atoms with van der Waals surface area (Å²) >= 11 is 0. The average molecular weight is 828 g/mol. The molecule has 0 atom stereocenters. The molecular weight excluding hydrogens is 779 g/mol. The molecule has 0 N–H and O–H groups in total. The molecular formula is C59H49N5. The minimum atomic E-state index is 0.591. The van der Waals surface area contributed by atoms with E-state index in [0.29, 0.717) is 17.6 Å².